The summed E-state index contributed by atoms with van der Waals surface area (Å²) in [6.45, 7) is 9.09. The predicted molar refractivity (Wildman–Crippen MR) is 117 cm³/mol. The number of benzene rings is 2. The van der Waals surface area contributed by atoms with Crippen molar-refractivity contribution in [2.24, 2.45) is 0 Å². The van der Waals surface area contributed by atoms with E-state index >= 15 is 0 Å². The van der Waals surface area contributed by atoms with E-state index in [1.807, 2.05) is 43.3 Å². The van der Waals surface area contributed by atoms with E-state index in [2.05, 4.69) is 47.3 Å². The minimum Gasteiger partial charge on any atom is -0.493 e. The molecule has 28 heavy (non-hydrogen) atoms. The summed E-state index contributed by atoms with van der Waals surface area (Å²) in [5, 5.41) is 6.35. The summed E-state index contributed by atoms with van der Waals surface area (Å²) in [7, 11) is 1.59. The lowest BCUT2D eigenvalue weighted by molar-refractivity contribution is -0.118. The highest BCUT2D eigenvalue weighted by molar-refractivity contribution is 9.10. The topological polar surface area (TPSA) is 59.6 Å². The van der Waals surface area contributed by atoms with Crippen molar-refractivity contribution in [3.8, 4) is 11.5 Å². The van der Waals surface area contributed by atoms with E-state index in [0.29, 0.717) is 18.0 Å². The Bertz CT molecular complexity index is 804. The molecular weight excluding hydrogens is 420 g/mol. The first-order valence-corrected chi connectivity index (χ1v) is 10.1. The first-order valence-electron chi connectivity index (χ1n) is 9.35. The molecule has 0 spiro atoms. The van der Waals surface area contributed by atoms with Crippen molar-refractivity contribution >= 4 is 27.5 Å². The molecule has 6 heteroatoms. The van der Waals surface area contributed by atoms with Crippen LogP contribution in [0, 0.1) is 6.92 Å². The van der Waals surface area contributed by atoms with Gasteiger partial charge in [-0.1, -0.05) is 40.5 Å². The number of hydrogen-bond acceptors (Lipinski definition) is 4. The molecule has 152 valence electrons. The number of nitrogens with one attached hydrogen (secondary N) is 2. The van der Waals surface area contributed by atoms with Crippen molar-refractivity contribution in [3.63, 3.8) is 0 Å². The van der Waals surface area contributed by atoms with Gasteiger partial charge in [-0.3, -0.25) is 4.79 Å². The summed E-state index contributed by atoms with van der Waals surface area (Å²) >= 11 is 3.59. The monoisotopic (exact) mass is 448 g/mol. The fourth-order valence-corrected chi connectivity index (χ4v) is 2.88. The molecule has 2 rings (SSSR count). The molecule has 0 saturated heterocycles. The minimum absolute atomic E-state index is 0.0515. The first-order chi connectivity index (χ1) is 13.2. The molecule has 0 aromatic heterocycles. The third-order valence-electron chi connectivity index (χ3n) is 4.67. The van der Waals surface area contributed by atoms with Gasteiger partial charge >= 0.3 is 0 Å². The van der Waals surface area contributed by atoms with E-state index < -0.39 is 0 Å². The Hall–Kier alpha value is -2.05. The van der Waals surface area contributed by atoms with Crippen molar-refractivity contribution in [2.45, 2.75) is 46.2 Å². The van der Waals surface area contributed by atoms with Crippen molar-refractivity contribution in [1.29, 1.82) is 0 Å². The van der Waals surface area contributed by atoms with Gasteiger partial charge in [0.25, 0.3) is 5.91 Å². The average Bonchev–Trinajstić information content (AvgIpc) is 2.67. The zero-order valence-corrected chi connectivity index (χ0v) is 18.8. The second-order valence-corrected chi connectivity index (χ2v) is 8.24. The molecule has 2 aromatic rings. The summed E-state index contributed by atoms with van der Waals surface area (Å²) in [6.07, 6.45) is 1.03. The van der Waals surface area contributed by atoms with Crippen LogP contribution in [-0.2, 0) is 11.3 Å². The molecule has 2 N–H and O–H groups in total. The molecule has 2 aromatic carbocycles. The van der Waals surface area contributed by atoms with Gasteiger partial charge < -0.3 is 20.1 Å². The Kier molecular flexibility index (Phi) is 7.89. The van der Waals surface area contributed by atoms with Crippen LogP contribution < -0.4 is 20.1 Å². The molecular formula is C22H29BrN2O3. The van der Waals surface area contributed by atoms with Gasteiger partial charge in [-0.05, 0) is 57.0 Å². The molecule has 0 fully saturated rings. The molecule has 0 aliphatic rings. The largest absolute Gasteiger partial charge is 0.493 e. The quantitative estimate of drug-likeness (QED) is 0.562. The zero-order chi connectivity index (χ0) is 20.7. The lowest BCUT2D eigenvalue weighted by Crippen LogP contribution is -2.37. The molecule has 0 aliphatic carbocycles. The Morgan fingerprint density at radius 3 is 2.43 bits per heavy atom. The number of halogens is 1. The normalized spacial score (nSPS) is 11.2. The first kappa shape index (κ1) is 22.2. The van der Waals surface area contributed by atoms with Crippen LogP contribution in [0.25, 0.3) is 0 Å². The van der Waals surface area contributed by atoms with E-state index in [-0.39, 0.29) is 18.1 Å². The molecule has 1 amide bonds. The SMILES string of the molecule is CCC(C)(C)NCc1cc(OC)c(OCC(=O)Nc2ccc(C)cc2)cc1Br. The van der Waals surface area contributed by atoms with Crippen molar-refractivity contribution < 1.29 is 14.3 Å². The van der Waals surface area contributed by atoms with Crippen LogP contribution in [0.2, 0.25) is 0 Å². The number of carbonyl (C=O) groups is 1. The van der Waals surface area contributed by atoms with E-state index in [9.17, 15) is 4.79 Å². The number of anilines is 1. The number of methoxy groups -OCH3 is 1. The Morgan fingerprint density at radius 2 is 1.82 bits per heavy atom. The van der Waals surface area contributed by atoms with Crippen LogP contribution in [0.4, 0.5) is 5.69 Å². The highest BCUT2D eigenvalue weighted by atomic mass is 79.9. The van der Waals surface area contributed by atoms with Crippen LogP contribution >= 0.6 is 15.9 Å². The van der Waals surface area contributed by atoms with Gasteiger partial charge in [0.05, 0.1) is 7.11 Å². The summed E-state index contributed by atoms with van der Waals surface area (Å²) in [6, 6.07) is 11.4. The fourth-order valence-electron chi connectivity index (χ4n) is 2.42. The third-order valence-corrected chi connectivity index (χ3v) is 5.41. The standard InChI is InChI=1S/C22H29BrN2O3/c1-6-22(3,4)24-13-16-11-19(27-5)20(12-18(16)23)28-14-21(26)25-17-9-7-15(2)8-10-17/h7-12,24H,6,13-14H2,1-5H3,(H,25,26). The summed E-state index contributed by atoms with van der Waals surface area (Å²) in [5.41, 5.74) is 3.00. The van der Waals surface area contributed by atoms with E-state index in [4.69, 9.17) is 9.47 Å². The van der Waals surface area contributed by atoms with Crippen molar-refractivity contribution in [1.82, 2.24) is 5.32 Å². The van der Waals surface area contributed by atoms with Gasteiger partial charge in [-0.25, -0.2) is 0 Å². The van der Waals surface area contributed by atoms with Crippen LogP contribution in [0.15, 0.2) is 40.9 Å². The predicted octanol–water partition coefficient (Wildman–Crippen LogP) is 5.06. The van der Waals surface area contributed by atoms with Gasteiger partial charge in [0.15, 0.2) is 18.1 Å². The van der Waals surface area contributed by atoms with Gasteiger partial charge in [0, 0.05) is 22.2 Å². The summed E-state index contributed by atoms with van der Waals surface area (Å²) in [5.74, 6) is 0.891. The van der Waals surface area contributed by atoms with Crippen molar-refractivity contribution in [3.05, 3.63) is 52.0 Å². The van der Waals surface area contributed by atoms with Crippen LogP contribution in [0.3, 0.4) is 0 Å². The molecule has 5 nitrogen and oxygen atoms in total. The lowest BCUT2D eigenvalue weighted by Gasteiger charge is -2.25. The fraction of sp³-hybridized carbons (Fsp3) is 0.409. The number of ether oxygens (including phenoxy) is 2. The molecule has 0 unspecified atom stereocenters. The minimum atomic E-state index is -0.225. The van der Waals surface area contributed by atoms with Crippen LogP contribution in [0.1, 0.15) is 38.3 Å². The maximum absolute atomic E-state index is 12.2. The molecule has 0 saturated carbocycles. The Labute approximate surface area is 175 Å². The number of amides is 1. The van der Waals surface area contributed by atoms with E-state index in [1.54, 1.807) is 7.11 Å². The maximum atomic E-state index is 12.2. The van der Waals surface area contributed by atoms with Gasteiger partial charge in [-0.2, -0.15) is 0 Å². The molecule has 0 aliphatic heterocycles. The zero-order valence-electron chi connectivity index (χ0n) is 17.2. The molecule has 0 heterocycles. The average molecular weight is 449 g/mol. The van der Waals surface area contributed by atoms with Gasteiger partial charge in [0.1, 0.15) is 0 Å². The summed E-state index contributed by atoms with van der Waals surface area (Å²) in [4.78, 5) is 12.2. The maximum Gasteiger partial charge on any atom is 0.262 e. The number of hydrogen-bond donors (Lipinski definition) is 2. The van der Waals surface area contributed by atoms with Crippen LogP contribution in [-0.4, -0.2) is 25.2 Å². The molecule has 0 bridgehead atoms. The smallest absolute Gasteiger partial charge is 0.262 e. The van der Waals surface area contributed by atoms with Crippen LogP contribution in [0.5, 0.6) is 11.5 Å². The van der Waals surface area contributed by atoms with Gasteiger partial charge in [-0.15, -0.1) is 0 Å². The summed E-state index contributed by atoms with van der Waals surface area (Å²) < 4.78 is 12.1. The van der Waals surface area contributed by atoms with E-state index in [1.165, 1.54) is 0 Å². The van der Waals surface area contributed by atoms with Crippen molar-refractivity contribution in [2.75, 3.05) is 19.0 Å². The van der Waals surface area contributed by atoms with E-state index in [0.717, 1.165) is 27.7 Å². The highest BCUT2D eigenvalue weighted by Gasteiger charge is 2.16. The van der Waals surface area contributed by atoms with Gasteiger partial charge in [0.2, 0.25) is 0 Å². The second-order valence-electron chi connectivity index (χ2n) is 7.39. The number of aryl methyl sites for hydroxylation is 1. The lowest BCUT2D eigenvalue weighted by atomic mass is 10.0. The second kappa shape index (κ2) is 9.94. The Morgan fingerprint density at radius 1 is 1.14 bits per heavy atom. The highest BCUT2D eigenvalue weighted by Crippen LogP contribution is 2.34. The number of rotatable bonds is 9. The number of carbonyl (C=O) groups excluding carboxylic acids is 1. The molecule has 0 radical (unpaired) electrons. The Balaban J connectivity index is 2.01. The molecule has 0 atom stereocenters. The third kappa shape index (κ3) is 6.53.